The molecule has 0 atom stereocenters. The van der Waals surface area contributed by atoms with Gasteiger partial charge in [-0.3, -0.25) is 4.79 Å². The zero-order valence-electron chi connectivity index (χ0n) is 11.1. The second-order valence-corrected chi connectivity index (χ2v) is 4.73. The number of phenolic OH excluding ortho intramolecular Hbond substituents is 1. The largest absolute Gasteiger partial charge is 0.507 e. The number of methoxy groups -OCH3 is 1. The molecule has 2 aromatic rings. The summed E-state index contributed by atoms with van der Waals surface area (Å²) in [7, 11) is 1.50. The van der Waals surface area contributed by atoms with Gasteiger partial charge in [0.15, 0.2) is 0 Å². The zero-order chi connectivity index (χ0) is 14.7. The lowest BCUT2D eigenvalue weighted by Crippen LogP contribution is -2.12. The number of aryl methyl sites for hydroxylation is 1. The molecule has 2 aromatic carbocycles. The van der Waals surface area contributed by atoms with Crippen molar-refractivity contribution in [2.75, 3.05) is 12.4 Å². The number of anilines is 1. The summed E-state index contributed by atoms with van der Waals surface area (Å²) in [5.74, 6) is 0.0212. The number of hydrogen-bond donors (Lipinski definition) is 2. The molecule has 0 bridgehead atoms. The molecule has 0 fully saturated rings. The molecule has 0 spiro atoms. The number of carbonyl (C=O) groups excluding carboxylic acids is 1. The Kier molecular flexibility index (Phi) is 4.15. The molecule has 0 saturated carbocycles. The normalized spacial score (nSPS) is 10.2. The molecule has 0 unspecified atom stereocenters. The molecule has 4 nitrogen and oxygen atoms in total. The number of phenols is 1. The van der Waals surface area contributed by atoms with Gasteiger partial charge in [0.05, 0.1) is 17.7 Å². The monoisotopic (exact) mass is 291 g/mol. The summed E-state index contributed by atoms with van der Waals surface area (Å²) in [6, 6.07) is 9.78. The second-order valence-electron chi connectivity index (χ2n) is 4.32. The molecule has 2 N–H and O–H groups in total. The van der Waals surface area contributed by atoms with E-state index >= 15 is 0 Å². The number of carbonyl (C=O) groups is 1. The number of aromatic hydroxyl groups is 1. The van der Waals surface area contributed by atoms with E-state index in [0.29, 0.717) is 16.5 Å². The first-order chi connectivity index (χ1) is 9.51. The summed E-state index contributed by atoms with van der Waals surface area (Å²) < 4.78 is 5.08. The van der Waals surface area contributed by atoms with E-state index < -0.39 is 5.91 Å². The van der Waals surface area contributed by atoms with Crippen LogP contribution in [0.3, 0.4) is 0 Å². The van der Waals surface area contributed by atoms with Crippen molar-refractivity contribution in [3.63, 3.8) is 0 Å². The van der Waals surface area contributed by atoms with Gasteiger partial charge in [-0.25, -0.2) is 0 Å². The molecule has 0 radical (unpaired) electrons. The maximum atomic E-state index is 12.1. The topological polar surface area (TPSA) is 58.6 Å². The molecule has 2 rings (SSSR count). The Labute approximate surface area is 122 Å². The van der Waals surface area contributed by atoms with Crippen molar-refractivity contribution in [1.82, 2.24) is 0 Å². The standard InChI is InChI=1S/C15H14ClNO3/c1-9-3-5-11(13(18)7-9)15(19)17-10-4-6-12(16)14(8-10)20-2/h3-8,18H,1-2H3,(H,17,19). The van der Waals surface area contributed by atoms with Crippen LogP contribution in [0.4, 0.5) is 5.69 Å². The van der Waals surface area contributed by atoms with Crippen molar-refractivity contribution < 1.29 is 14.6 Å². The van der Waals surface area contributed by atoms with Crippen LogP contribution >= 0.6 is 11.6 Å². The van der Waals surface area contributed by atoms with Gasteiger partial charge in [0.2, 0.25) is 0 Å². The van der Waals surface area contributed by atoms with Gasteiger partial charge in [-0.2, -0.15) is 0 Å². The molecular weight excluding hydrogens is 278 g/mol. The lowest BCUT2D eigenvalue weighted by Gasteiger charge is -2.09. The molecule has 0 aliphatic heterocycles. The van der Waals surface area contributed by atoms with E-state index in [1.165, 1.54) is 13.2 Å². The molecule has 5 heteroatoms. The van der Waals surface area contributed by atoms with E-state index in [9.17, 15) is 9.90 Å². The molecule has 0 aliphatic carbocycles. The first-order valence-electron chi connectivity index (χ1n) is 5.96. The van der Waals surface area contributed by atoms with Gasteiger partial charge < -0.3 is 15.2 Å². The third-order valence-corrected chi connectivity index (χ3v) is 3.12. The quantitative estimate of drug-likeness (QED) is 0.908. The third kappa shape index (κ3) is 3.03. The minimum atomic E-state index is -0.396. The Morgan fingerprint density at radius 1 is 1.25 bits per heavy atom. The van der Waals surface area contributed by atoms with Crippen molar-refractivity contribution in [2.45, 2.75) is 6.92 Å². The molecule has 0 aromatic heterocycles. The van der Waals surface area contributed by atoms with Gasteiger partial charge in [-0.1, -0.05) is 17.7 Å². The van der Waals surface area contributed by atoms with E-state index in [1.807, 2.05) is 6.92 Å². The average molecular weight is 292 g/mol. The van der Waals surface area contributed by atoms with Crippen LogP contribution in [0.15, 0.2) is 36.4 Å². The fourth-order valence-electron chi connectivity index (χ4n) is 1.77. The smallest absolute Gasteiger partial charge is 0.259 e. The zero-order valence-corrected chi connectivity index (χ0v) is 11.9. The third-order valence-electron chi connectivity index (χ3n) is 2.81. The van der Waals surface area contributed by atoms with Gasteiger partial charge in [-0.05, 0) is 36.8 Å². The molecule has 1 amide bonds. The van der Waals surface area contributed by atoms with Crippen molar-refractivity contribution in [2.24, 2.45) is 0 Å². The predicted octanol–water partition coefficient (Wildman–Crippen LogP) is 3.61. The van der Waals surface area contributed by atoms with E-state index in [0.717, 1.165) is 5.56 Å². The maximum Gasteiger partial charge on any atom is 0.259 e. The molecular formula is C15H14ClNO3. The van der Waals surface area contributed by atoms with Crippen molar-refractivity contribution in [3.8, 4) is 11.5 Å². The fraction of sp³-hybridized carbons (Fsp3) is 0.133. The van der Waals surface area contributed by atoms with E-state index in [2.05, 4.69) is 5.32 Å². The van der Waals surface area contributed by atoms with Gasteiger partial charge in [0.1, 0.15) is 11.5 Å². The fourth-order valence-corrected chi connectivity index (χ4v) is 1.96. The number of rotatable bonds is 3. The van der Waals surface area contributed by atoms with Gasteiger partial charge in [0, 0.05) is 11.8 Å². The number of amides is 1. The average Bonchev–Trinajstić information content (AvgIpc) is 2.40. The van der Waals surface area contributed by atoms with E-state index in [4.69, 9.17) is 16.3 Å². The highest BCUT2D eigenvalue weighted by Crippen LogP contribution is 2.28. The Hall–Kier alpha value is -2.20. The van der Waals surface area contributed by atoms with Crippen LogP contribution in [0.25, 0.3) is 0 Å². The summed E-state index contributed by atoms with van der Waals surface area (Å²) in [5, 5.41) is 12.9. The van der Waals surface area contributed by atoms with Gasteiger partial charge in [-0.15, -0.1) is 0 Å². The minimum absolute atomic E-state index is 0.0524. The molecule has 0 aliphatic rings. The Bertz CT molecular complexity index is 656. The molecule has 0 saturated heterocycles. The van der Waals surface area contributed by atoms with E-state index in [-0.39, 0.29) is 11.3 Å². The van der Waals surface area contributed by atoms with Crippen LogP contribution in [0.5, 0.6) is 11.5 Å². The summed E-state index contributed by atoms with van der Waals surface area (Å²) in [4.78, 5) is 12.1. The van der Waals surface area contributed by atoms with Crippen LogP contribution in [-0.2, 0) is 0 Å². The van der Waals surface area contributed by atoms with Crippen LogP contribution in [0.2, 0.25) is 5.02 Å². The highest BCUT2D eigenvalue weighted by molar-refractivity contribution is 6.32. The highest BCUT2D eigenvalue weighted by atomic mass is 35.5. The Morgan fingerprint density at radius 3 is 2.65 bits per heavy atom. The molecule has 104 valence electrons. The van der Waals surface area contributed by atoms with Gasteiger partial charge in [0.25, 0.3) is 5.91 Å². The second kappa shape index (κ2) is 5.84. The summed E-state index contributed by atoms with van der Waals surface area (Å²) in [5.41, 5.74) is 1.63. The number of halogens is 1. The summed E-state index contributed by atoms with van der Waals surface area (Å²) in [6.45, 7) is 1.84. The molecule has 20 heavy (non-hydrogen) atoms. The number of hydrogen-bond acceptors (Lipinski definition) is 3. The van der Waals surface area contributed by atoms with Crippen molar-refractivity contribution in [1.29, 1.82) is 0 Å². The summed E-state index contributed by atoms with van der Waals surface area (Å²) in [6.07, 6.45) is 0. The SMILES string of the molecule is COc1cc(NC(=O)c2ccc(C)cc2O)ccc1Cl. The van der Waals surface area contributed by atoms with Gasteiger partial charge >= 0.3 is 0 Å². The first kappa shape index (κ1) is 14.2. The van der Waals surface area contributed by atoms with Crippen LogP contribution in [-0.4, -0.2) is 18.1 Å². The van der Waals surface area contributed by atoms with Crippen LogP contribution in [0.1, 0.15) is 15.9 Å². The Morgan fingerprint density at radius 2 is 2.00 bits per heavy atom. The highest BCUT2D eigenvalue weighted by Gasteiger charge is 2.12. The van der Waals surface area contributed by atoms with Crippen molar-refractivity contribution >= 4 is 23.2 Å². The maximum absolute atomic E-state index is 12.1. The minimum Gasteiger partial charge on any atom is -0.507 e. The molecule has 0 heterocycles. The summed E-state index contributed by atoms with van der Waals surface area (Å²) >= 11 is 5.91. The Balaban J connectivity index is 2.23. The number of benzene rings is 2. The first-order valence-corrected chi connectivity index (χ1v) is 6.33. The number of ether oxygens (including phenoxy) is 1. The van der Waals surface area contributed by atoms with Crippen molar-refractivity contribution in [3.05, 3.63) is 52.5 Å². The van der Waals surface area contributed by atoms with Crippen LogP contribution < -0.4 is 10.1 Å². The lowest BCUT2D eigenvalue weighted by atomic mass is 10.1. The van der Waals surface area contributed by atoms with Crippen LogP contribution in [0, 0.1) is 6.92 Å². The predicted molar refractivity (Wildman–Crippen MR) is 78.8 cm³/mol. The van der Waals surface area contributed by atoms with E-state index in [1.54, 1.807) is 30.3 Å². The number of nitrogens with one attached hydrogen (secondary N) is 1. The lowest BCUT2D eigenvalue weighted by molar-refractivity contribution is 0.102.